The molecule has 2 aliphatic rings. The zero-order valence-corrected chi connectivity index (χ0v) is 14.1. The molecule has 0 radical (unpaired) electrons. The van der Waals surface area contributed by atoms with E-state index in [1.807, 2.05) is 13.0 Å². The van der Waals surface area contributed by atoms with Crippen molar-refractivity contribution >= 4 is 5.97 Å². The number of aliphatic hydroxyl groups is 1. The number of ether oxygens (including phenoxy) is 1. The number of fused-ring (bicyclic) bond motifs is 1. The van der Waals surface area contributed by atoms with Crippen molar-refractivity contribution < 1.29 is 19.7 Å². The maximum Gasteiger partial charge on any atom is 0.307 e. The van der Waals surface area contributed by atoms with Crippen molar-refractivity contribution in [3.05, 3.63) is 23.5 Å². The molecule has 2 aromatic heterocycles. The highest BCUT2D eigenvalue weighted by Gasteiger charge is 2.63. The highest BCUT2D eigenvalue weighted by Crippen LogP contribution is 2.58. The average Bonchev–Trinajstić information content (AvgIpc) is 2.99. The number of carboxylic acid groups (broad SMARTS) is 1. The summed E-state index contributed by atoms with van der Waals surface area (Å²) in [5.41, 5.74) is 2.49. The SMILES string of the molecule is Cc1nc(-c2nnn(C)c2CO)ccc1OC1CCC2C(C(=O)O)C12. The second-order valence-corrected chi connectivity index (χ2v) is 6.79. The first-order valence-corrected chi connectivity index (χ1v) is 8.38. The fraction of sp³-hybridized carbons (Fsp3) is 0.529. The molecule has 2 aromatic rings. The molecule has 0 amide bonds. The van der Waals surface area contributed by atoms with Crippen molar-refractivity contribution in [1.82, 2.24) is 20.0 Å². The van der Waals surface area contributed by atoms with Crippen LogP contribution in [-0.4, -0.2) is 42.3 Å². The van der Waals surface area contributed by atoms with E-state index in [9.17, 15) is 15.0 Å². The van der Waals surface area contributed by atoms with Crippen molar-refractivity contribution in [2.24, 2.45) is 24.8 Å². The second kappa shape index (κ2) is 5.80. The maximum atomic E-state index is 11.2. The van der Waals surface area contributed by atoms with Gasteiger partial charge < -0.3 is 14.9 Å². The van der Waals surface area contributed by atoms with Gasteiger partial charge in [0.15, 0.2) is 0 Å². The first-order valence-electron chi connectivity index (χ1n) is 8.38. The highest BCUT2D eigenvalue weighted by molar-refractivity contribution is 5.75. The van der Waals surface area contributed by atoms with Gasteiger partial charge in [0.1, 0.15) is 17.5 Å². The summed E-state index contributed by atoms with van der Waals surface area (Å²) in [7, 11) is 1.72. The number of aromatic nitrogens is 4. The standard InChI is InChI=1S/C17H20N4O4/c1-8-12(25-13-5-3-9-14(13)15(9)17(23)24)6-4-10(18-8)16-11(7-22)21(2)20-19-16/h4,6,9,13-15,22H,3,5,7H2,1-2H3,(H,23,24). The average molecular weight is 344 g/mol. The van der Waals surface area contributed by atoms with E-state index in [0.29, 0.717) is 28.5 Å². The van der Waals surface area contributed by atoms with E-state index in [-0.39, 0.29) is 30.5 Å². The Balaban J connectivity index is 1.54. The van der Waals surface area contributed by atoms with Crippen molar-refractivity contribution in [1.29, 1.82) is 0 Å². The van der Waals surface area contributed by atoms with Crippen molar-refractivity contribution in [2.45, 2.75) is 32.5 Å². The van der Waals surface area contributed by atoms with Crippen LogP contribution in [0, 0.1) is 24.7 Å². The van der Waals surface area contributed by atoms with Gasteiger partial charge in [-0.2, -0.15) is 0 Å². The summed E-state index contributed by atoms with van der Waals surface area (Å²) in [5.74, 6) is 0.0878. The number of carbonyl (C=O) groups is 1. The first-order chi connectivity index (χ1) is 12.0. The fourth-order valence-corrected chi connectivity index (χ4v) is 4.03. The number of hydrogen-bond acceptors (Lipinski definition) is 6. The van der Waals surface area contributed by atoms with Crippen LogP contribution in [0.2, 0.25) is 0 Å². The summed E-state index contributed by atoms with van der Waals surface area (Å²) in [6, 6.07) is 3.62. The summed E-state index contributed by atoms with van der Waals surface area (Å²) < 4.78 is 7.60. The quantitative estimate of drug-likeness (QED) is 0.837. The van der Waals surface area contributed by atoms with Crippen LogP contribution in [-0.2, 0) is 18.4 Å². The van der Waals surface area contributed by atoms with Gasteiger partial charge in [-0.15, -0.1) is 5.10 Å². The molecule has 0 spiro atoms. The molecule has 25 heavy (non-hydrogen) atoms. The summed E-state index contributed by atoms with van der Waals surface area (Å²) in [5, 5.41) is 26.7. The third-order valence-electron chi connectivity index (χ3n) is 5.38. The molecule has 0 aliphatic heterocycles. The number of aliphatic hydroxyl groups excluding tert-OH is 1. The fourth-order valence-electron chi connectivity index (χ4n) is 4.03. The molecule has 4 rings (SSSR count). The molecule has 4 atom stereocenters. The Hall–Kier alpha value is -2.48. The normalized spacial score (nSPS) is 27.2. The second-order valence-electron chi connectivity index (χ2n) is 6.79. The minimum absolute atomic E-state index is 0.0537. The van der Waals surface area contributed by atoms with E-state index in [1.165, 1.54) is 4.68 Å². The van der Waals surface area contributed by atoms with Gasteiger partial charge in [-0.3, -0.25) is 4.79 Å². The minimum atomic E-state index is -0.715. The molecular formula is C17H20N4O4. The van der Waals surface area contributed by atoms with E-state index >= 15 is 0 Å². The number of pyridine rings is 1. The number of aliphatic carboxylic acids is 1. The van der Waals surface area contributed by atoms with E-state index in [0.717, 1.165) is 12.8 Å². The van der Waals surface area contributed by atoms with E-state index in [4.69, 9.17) is 4.74 Å². The summed E-state index contributed by atoms with van der Waals surface area (Å²) in [6.07, 6.45) is 1.75. The third kappa shape index (κ3) is 2.57. The third-order valence-corrected chi connectivity index (χ3v) is 5.38. The van der Waals surface area contributed by atoms with Crippen LogP contribution in [0.4, 0.5) is 0 Å². The van der Waals surface area contributed by atoms with Gasteiger partial charge >= 0.3 is 5.97 Å². The number of rotatable bonds is 5. The zero-order chi connectivity index (χ0) is 17.7. The molecule has 0 saturated heterocycles. The predicted octanol–water partition coefficient (Wildman–Crippen LogP) is 1.17. The van der Waals surface area contributed by atoms with Crippen LogP contribution in [0.3, 0.4) is 0 Å². The summed E-state index contributed by atoms with van der Waals surface area (Å²) in [6.45, 7) is 1.68. The Kier molecular flexibility index (Phi) is 3.72. The summed E-state index contributed by atoms with van der Waals surface area (Å²) >= 11 is 0. The molecular weight excluding hydrogens is 324 g/mol. The molecule has 8 nitrogen and oxygen atoms in total. The molecule has 2 fully saturated rings. The Morgan fingerprint density at radius 2 is 2.20 bits per heavy atom. The minimum Gasteiger partial charge on any atom is -0.488 e. The molecule has 4 unspecified atom stereocenters. The van der Waals surface area contributed by atoms with Gasteiger partial charge in [-0.25, -0.2) is 9.67 Å². The molecule has 2 heterocycles. The van der Waals surface area contributed by atoms with E-state index < -0.39 is 5.97 Å². The van der Waals surface area contributed by atoms with Gasteiger partial charge in [0.05, 0.1) is 29.6 Å². The van der Waals surface area contributed by atoms with Crippen molar-refractivity contribution in [3.8, 4) is 17.1 Å². The lowest BCUT2D eigenvalue weighted by Gasteiger charge is -2.18. The molecule has 2 saturated carbocycles. The Morgan fingerprint density at radius 3 is 2.84 bits per heavy atom. The monoisotopic (exact) mass is 344 g/mol. The van der Waals surface area contributed by atoms with Crippen LogP contribution < -0.4 is 4.74 Å². The first kappa shape index (κ1) is 16.0. The number of carboxylic acids is 1. The van der Waals surface area contributed by atoms with Gasteiger partial charge in [-0.05, 0) is 37.8 Å². The van der Waals surface area contributed by atoms with Crippen LogP contribution in [0.1, 0.15) is 24.2 Å². The van der Waals surface area contributed by atoms with Gasteiger partial charge in [0, 0.05) is 13.0 Å². The van der Waals surface area contributed by atoms with Crippen molar-refractivity contribution in [3.63, 3.8) is 0 Å². The van der Waals surface area contributed by atoms with E-state index in [1.54, 1.807) is 13.1 Å². The molecule has 2 N–H and O–H groups in total. The van der Waals surface area contributed by atoms with Gasteiger partial charge in [-0.1, -0.05) is 5.21 Å². The topological polar surface area (TPSA) is 110 Å². The number of hydrogen-bond donors (Lipinski definition) is 2. The van der Waals surface area contributed by atoms with Crippen LogP contribution >= 0.6 is 0 Å². The predicted molar refractivity (Wildman–Crippen MR) is 86.6 cm³/mol. The molecule has 2 aliphatic carbocycles. The maximum absolute atomic E-state index is 11.2. The van der Waals surface area contributed by atoms with Crippen LogP contribution in [0.5, 0.6) is 5.75 Å². The van der Waals surface area contributed by atoms with Gasteiger partial charge in [0.25, 0.3) is 0 Å². The largest absolute Gasteiger partial charge is 0.488 e. The van der Waals surface area contributed by atoms with Crippen LogP contribution in [0.15, 0.2) is 12.1 Å². The summed E-state index contributed by atoms with van der Waals surface area (Å²) in [4.78, 5) is 15.7. The van der Waals surface area contributed by atoms with E-state index in [2.05, 4.69) is 15.3 Å². The van der Waals surface area contributed by atoms with Crippen LogP contribution in [0.25, 0.3) is 11.4 Å². The molecule has 0 bridgehead atoms. The lowest BCUT2D eigenvalue weighted by molar-refractivity contribution is -0.139. The number of aryl methyl sites for hydroxylation is 2. The Labute approximate surface area is 144 Å². The lowest BCUT2D eigenvalue weighted by atomic mass is 10.1. The molecule has 0 aromatic carbocycles. The Morgan fingerprint density at radius 1 is 1.40 bits per heavy atom. The highest BCUT2D eigenvalue weighted by atomic mass is 16.5. The zero-order valence-electron chi connectivity index (χ0n) is 14.1. The molecule has 132 valence electrons. The number of nitrogens with zero attached hydrogens (tertiary/aromatic N) is 4. The lowest BCUT2D eigenvalue weighted by Crippen LogP contribution is -2.20. The van der Waals surface area contributed by atoms with Crippen molar-refractivity contribution in [2.75, 3.05) is 0 Å². The smallest absolute Gasteiger partial charge is 0.307 e. The molecule has 8 heteroatoms. The van der Waals surface area contributed by atoms with Gasteiger partial charge in [0.2, 0.25) is 0 Å². The Bertz CT molecular complexity index is 834.